The molecule has 0 spiro atoms. The van der Waals surface area contributed by atoms with E-state index in [0.717, 1.165) is 38.2 Å². The highest BCUT2D eigenvalue weighted by Gasteiger charge is 2.42. The number of nitrogens with zero attached hydrogens (tertiary/aromatic N) is 1. The van der Waals surface area contributed by atoms with Gasteiger partial charge >= 0.3 is 11.9 Å². The summed E-state index contributed by atoms with van der Waals surface area (Å²) in [7, 11) is 0. The van der Waals surface area contributed by atoms with Gasteiger partial charge in [0.25, 0.3) is 0 Å². The van der Waals surface area contributed by atoms with Gasteiger partial charge in [-0.05, 0) is 70.4 Å². The molecule has 2 fully saturated rings. The predicted molar refractivity (Wildman–Crippen MR) is 113 cm³/mol. The summed E-state index contributed by atoms with van der Waals surface area (Å²) in [4.78, 5) is 25.9. The first-order valence-corrected chi connectivity index (χ1v) is 11.2. The van der Waals surface area contributed by atoms with Crippen LogP contribution < -0.4 is 0 Å². The summed E-state index contributed by atoms with van der Waals surface area (Å²) < 4.78 is 33.0. The molecule has 2 atom stereocenters. The lowest BCUT2D eigenvalue weighted by molar-refractivity contribution is -0.155. The molecule has 1 aliphatic heterocycles. The van der Waals surface area contributed by atoms with Crippen molar-refractivity contribution < 1.29 is 28.2 Å². The largest absolute Gasteiger partial charge is 0.481 e. The van der Waals surface area contributed by atoms with Gasteiger partial charge in [0.2, 0.25) is 0 Å². The van der Waals surface area contributed by atoms with Crippen LogP contribution in [0, 0.1) is 23.5 Å². The van der Waals surface area contributed by atoms with Crippen LogP contribution in [0.4, 0.5) is 8.78 Å². The highest BCUT2D eigenvalue weighted by atomic mass is 19.1. The highest BCUT2D eigenvalue weighted by Crippen LogP contribution is 2.39. The number of carbonyl (C=O) groups excluding carboxylic acids is 1. The zero-order chi connectivity index (χ0) is 22.8. The quantitative estimate of drug-likeness (QED) is 0.651. The Bertz CT molecular complexity index is 799. The molecule has 0 amide bonds. The van der Waals surface area contributed by atoms with Crippen molar-refractivity contribution in [3.8, 4) is 0 Å². The molecular formula is C24H33F2NO4. The summed E-state index contributed by atoms with van der Waals surface area (Å²) in [6.45, 7) is 6.43. The molecule has 1 aromatic rings. The molecule has 1 heterocycles. The van der Waals surface area contributed by atoms with E-state index in [0.29, 0.717) is 25.4 Å². The molecule has 2 aliphatic rings. The van der Waals surface area contributed by atoms with Gasteiger partial charge in [-0.25, -0.2) is 8.78 Å². The molecule has 3 rings (SSSR count). The fraction of sp³-hybridized carbons (Fsp3) is 0.667. The van der Waals surface area contributed by atoms with Crippen LogP contribution in [0.15, 0.2) is 18.2 Å². The van der Waals surface area contributed by atoms with E-state index in [2.05, 4.69) is 4.90 Å². The third kappa shape index (κ3) is 6.25. The summed E-state index contributed by atoms with van der Waals surface area (Å²) in [5.74, 6) is -3.17. The lowest BCUT2D eigenvalue weighted by Crippen LogP contribution is -2.37. The summed E-state index contributed by atoms with van der Waals surface area (Å²) in [5.41, 5.74) is -0.187. The lowest BCUT2D eigenvalue weighted by Gasteiger charge is -2.34. The number of hydrogen-bond acceptors (Lipinski definition) is 4. The van der Waals surface area contributed by atoms with Crippen molar-refractivity contribution in [2.24, 2.45) is 11.8 Å². The van der Waals surface area contributed by atoms with Crippen LogP contribution >= 0.6 is 0 Å². The van der Waals surface area contributed by atoms with Crippen molar-refractivity contribution in [3.63, 3.8) is 0 Å². The Morgan fingerprint density at radius 1 is 1.13 bits per heavy atom. The van der Waals surface area contributed by atoms with Crippen LogP contribution in [-0.2, 0) is 14.3 Å². The molecule has 0 bridgehead atoms. The van der Waals surface area contributed by atoms with Gasteiger partial charge in [0.05, 0.1) is 5.92 Å². The number of ether oxygens (including phenoxy) is 1. The molecule has 1 aromatic carbocycles. The number of likely N-dealkylation sites (tertiary alicyclic amines) is 1. The van der Waals surface area contributed by atoms with Crippen LogP contribution in [-0.4, -0.2) is 46.7 Å². The molecule has 1 saturated heterocycles. The van der Waals surface area contributed by atoms with Gasteiger partial charge in [-0.3, -0.25) is 14.5 Å². The van der Waals surface area contributed by atoms with Gasteiger partial charge in [-0.2, -0.15) is 0 Å². The number of esters is 1. The Labute approximate surface area is 182 Å². The maximum atomic E-state index is 14.3. The van der Waals surface area contributed by atoms with Gasteiger partial charge in [-0.1, -0.05) is 6.07 Å². The van der Waals surface area contributed by atoms with E-state index in [-0.39, 0.29) is 17.6 Å². The fourth-order valence-corrected chi connectivity index (χ4v) is 5.01. The number of carboxylic acid groups (broad SMARTS) is 1. The van der Waals surface area contributed by atoms with E-state index < -0.39 is 35.0 Å². The minimum atomic E-state index is -0.942. The molecule has 5 nitrogen and oxygen atoms in total. The third-order valence-corrected chi connectivity index (χ3v) is 6.54. The van der Waals surface area contributed by atoms with Crippen LogP contribution in [0.25, 0.3) is 0 Å². The van der Waals surface area contributed by atoms with Gasteiger partial charge in [-0.15, -0.1) is 0 Å². The van der Waals surface area contributed by atoms with Crippen LogP contribution in [0.3, 0.4) is 0 Å². The van der Waals surface area contributed by atoms with E-state index in [1.807, 2.05) is 20.8 Å². The van der Waals surface area contributed by atoms with Crippen LogP contribution in [0.5, 0.6) is 0 Å². The topological polar surface area (TPSA) is 66.8 Å². The Kier molecular flexibility index (Phi) is 7.35. The number of carboxylic acids is 1. The molecule has 31 heavy (non-hydrogen) atoms. The molecule has 7 heteroatoms. The molecule has 1 aliphatic carbocycles. The third-order valence-electron chi connectivity index (χ3n) is 6.54. The maximum absolute atomic E-state index is 14.3. The zero-order valence-electron chi connectivity index (χ0n) is 18.6. The summed E-state index contributed by atoms with van der Waals surface area (Å²) in [6, 6.07) is 3.65. The molecule has 172 valence electrons. The van der Waals surface area contributed by atoms with Gasteiger partial charge < -0.3 is 9.84 Å². The SMILES string of the molecule is CC(C)(C)OC(=O)CCC1CCC(N2C[C@@H](C(=O)O)[C@H](c3ccc(F)cc3F)C2)CC1. The van der Waals surface area contributed by atoms with Crippen molar-refractivity contribution in [3.05, 3.63) is 35.4 Å². The first-order valence-electron chi connectivity index (χ1n) is 11.2. The predicted octanol–water partition coefficient (Wildman–Crippen LogP) is 4.75. The van der Waals surface area contributed by atoms with Crippen LogP contribution in [0.2, 0.25) is 0 Å². The van der Waals surface area contributed by atoms with Crippen LogP contribution in [0.1, 0.15) is 70.8 Å². The Morgan fingerprint density at radius 2 is 1.81 bits per heavy atom. The maximum Gasteiger partial charge on any atom is 0.308 e. The summed E-state index contributed by atoms with van der Waals surface area (Å²) in [5, 5.41) is 9.68. The zero-order valence-corrected chi connectivity index (χ0v) is 18.6. The molecule has 0 aromatic heterocycles. The van der Waals surface area contributed by atoms with Crippen molar-refractivity contribution in [1.29, 1.82) is 0 Å². The first-order chi connectivity index (χ1) is 14.5. The number of aliphatic carboxylic acids is 1. The normalized spacial score (nSPS) is 27.3. The Balaban J connectivity index is 1.55. The highest BCUT2D eigenvalue weighted by molar-refractivity contribution is 5.72. The van der Waals surface area contributed by atoms with E-state index in [1.165, 1.54) is 12.1 Å². The average Bonchev–Trinajstić information content (AvgIpc) is 3.11. The number of hydrogen-bond donors (Lipinski definition) is 1. The van der Waals surface area contributed by atoms with E-state index in [9.17, 15) is 23.5 Å². The number of rotatable bonds is 6. The lowest BCUT2D eigenvalue weighted by atomic mass is 9.83. The fourth-order valence-electron chi connectivity index (χ4n) is 5.01. The van der Waals surface area contributed by atoms with E-state index in [1.54, 1.807) is 0 Å². The van der Waals surface area contributed by atoms with Crippen molar-refractivity contribution >= 4 is 11.9 Å². The van der Waals surface area contributed by atoms with Gasteiger partial charge in [0.1, 0.15) is 17.2 Å². The Hall–Kier alpha value is -2.02. The van der Waals surface area contributed by atoms with E-state index >= 15 is 0 Å². The number of carbonyl (C=O) groups is 2. The van der Waals surface area contributed by atoms with Crippen molar-refractivity contribution in [1.82, 2.24) is 4.90 Å². The molecule has 0 radical (unpaired) electrons. The minimum Gasteiger partial charge on any atom is -0.481 e. The van der Waals surface area contributed by atoms with Crippen molar-refractivity contribution in [2.75, 3.05) is 13.1 Å². The monoisotopic (exact) mass is 437 g/mol. The number of benzene rings is 1. The van der Waals surface area contributed by atoms with Gasteiger partial charge in [0, 0.05) is 37.5 Å². The molecular weight excluding hydrogens is 404 g/mol. The summed E-state index contributed by atoms with van der Waals surface area (Å²) in [6.07, 6.45) is 5.06. The molecule has 0 unspecified atom stereocenters. The number of halogens is 2. The molecule has 1 N–H and O–H groups in total. The van der Waals surface area contributed by atoms with Crippen molar-refractivity contribution in [2.45, 2.75) is 76.9 Å². The standard InChI is InChI=1S/C24H33F2NO4/c1-24(2,3)31-22(28)11-6-15-4-8-17(9-5-15)27-13-19(20(14-27)23(29)30)18-10-7-16(25)12-21(18)26/h7,10,12,15,17,19-20H,4-6,8-9,11,13-14H2,1-3H3,(H,29,30)/t15?,17?,19-,20+/m0/s1. The van der Waals surface area contributed by atoms with E-state index in [4.69, 9.17) is 4.74 Å². The summed E-state index contributed by atoms with van der Waals surface area (Å²) >= 11 is 0. The second-order valence-corrected chi connectivity index (χ2v) is 9.97. The second-order valence-electron chi connectivity index (χ2n) is 9.97. The second kappa shape index (κ2) is 9.63. The minimum absolute atomic E-state index is 0.164. The average molecular weight is 438 g/mol. The smallest absolute Gasteiger partial charge is 0.308 e. The van der Waals surface area contributed by atoms with Gasteiger partial charge in [0.15, 0.2) is 0 Å². The first kappa shape index (κ1) is 23.6. The molecule has 1 saturated carbocycles. The Morgan fingerprint density at radius 3 is 2.39 bits per heavy atom.